The Morgan fingerprint density at radius 2 is 1.88 bits per heavy atom. The van der Waals surface area contributed by atoms with Crippen molar-refractivity contribution in [1.82, 2.24) is 4.98 Å². The second kappa shape index (κ2) is 4.39. The van der Waals surface area contributed by atoms with Crippen LogP contribution in [0.15, 0.2) is 6.07 Å². The summed E-state index contributed by atoms with van der Waals surface area (Å²) in [4.78, 5) is 3.71. The molecule has 1 aromatic rings. The summed E-state index contributed by atoms with van der Waals surface area (Å²) in [6, 6.07) is 6.32. The molecule has 0 atom stereocenters. The van der Waals surface area contributed by atoms with Crippen molar-refractivity contribution in [1.29, 1.82) is 15.8 Å². The first kappa shape index (κ1) is 10.9. The van der Waals surface area contributed by atoms with Crippen LogP contribution in [-0.2, 0) is 0 Å². The minimum absolute atomic E-state index is 0.0242. The number of anilines is 1. The Balaban J connectivity index is 3.63. The molecule has 74 valence electrons. The number of nitrogens with zero attached hydrogens (tertiary/aromatic N) is 5. The highest BCUT2D eigenvalue weighted by Crippen LogP contribution is 2.18. The summed E-state index contributed by atoms with van der Waals surface area (Å²) in [7, 11) is 0. The molecule has 0 unspecified atom stereocenters. The number of allylic oxidation sites excluding steroid dienone is 1. The van der Waals surface area contributed by atoms with Gasteiger partial charge in [0.2, 0.25) is 0 Å². The van der Waals surface area contributed by atoms with Gasteiger partial charge in [0, 0.05) is 0 Å². The van der Waals surface area contributed by atoms with Gasteiger partial charge in [-0.25, -0.2) is 10.9 Å². The zero-order chi connectivity index (χ0) is 12.1. The van der Waals surface area contributed by atoms with E-state index in [9.17, 15) is 0 Å². The average Bonchev–Trinajstić information content (AvgIpc) is 2.31. The topological polar surface area (TPSA) is 133 Å². The zero-order valence-corrected chi connectivity index (χ0v) is 7.89. The standard InChI is InChI=1S/C10H3N6/c11-2-6-1-7(3-12)10(15)16-9(6)8(4-13)5-14/h1H,(H2,15,16)/q-1. The molecule has 0 saturated carbocycles. The van der Waals surface area contributed by atoms with E-state index >= 15 is 0 Å². The van der Waals surface area contributed by atoms with Crippen molar-refractivity contribution in [3.05, 3.63) is 28.3 Å². The molecule has 0 spiro atoms. The third-order valence-corrected chi connectivity index (χ3v) is 1.75. The van der Waals surface area contributed by atoms with Gasteiger partial charge in [0.15, 0.2) is 0 Å². The summed E-state index contributed by atoms with van der Waals surface area (Å²) in [5, 5.41) is 34.8. The minimum atomic E-state index is -0.312. The summed E-state index contributed by atoms with van der Waals surface area (Å²) < 4.78 is 0. The molecular formula is C10H3N6-. The molecule has 0 saturated heterocycles. The minimum Gasteiger partial charge on any atom is -0.762 e. The van der Waals surface area contributed by atoms with Crippen molar-refractivity contribution in [2.75, 3.05) is 5.73 Å². The zero-order valence-electron chi connectivity index (χ0n) is 7.89. The van der Waals surface area contributed by atoms with Crippen LogP contribution in [0, 0.1) is 34.0 Å². The van der Waals surface area contributed by atoms with Gasteiger partial charge >= 0.3 is 0 Å². The van der Waals surface area contributed by atoms with Crippen LogP contribution < -0.4 is 5.73 Å². The maximum Gasteiger partial charge on any atom is 0.142 e. The van der Waals surface area contributed by atoms with Gasteiger partial charge in [-0.1, -0.05) is 0 Å². The molecule has 6 heteroatoms. The van der Waals surface area contributed by atoms with Crippen molar-refractivity contribution >= 4 is 17.3 Å². The highest BCUT2D eigenvalue weighted by molar-refractivity contribution is 5.99. The molecular weight excluding hydrogens is 204 g/mol. The Morgan fingerprint density at radius 3 is 2.31 bits per heavy atom. The van der Waals surface area contributed by atoms with Gasteiger partial charge in [-0.2, -0.15) is 15.8 Å². The normalized spacial score (nSPS) is 8.06. The second-order valence-electron chi connectivity index (χ2n) is 2.64. The first-order valence-electron chi connectivity index (χ1n) is 3.96. The van der Waals surface area contributed by atoms with Gasteiger partial charge < -0.3 is 11.1 Å². The van der Waals surface area contributed by atoms with E-state index < -0.39 is 0 Å². The molecule has 0 aliphatic heterocycles. The molecule has 6 nitrogen and oxygen atoms in total. The SMILES string of the molecule is N#CC(=C=[N-])c1nc(N)c(C#N)cc1C#N. The van der Waals surface area contributed by atoms with Crippen molar-refractivity contribution in [3.8, 4) is 18.2 Å². The van der Waals surface area contributed by atoms with Crippen molar-refractivity contribution in [2.24, 2.45) is 0 Å². The van der Waals surface area contributed by atoms with Gasteiger partial charge in [-0.3, -0.25) is 0 Å². The summed E-state index contributed by atoms with van der Waals surface area (Å²) in [6.45, 7) is 0. The Bertz CT molecular complexity index is 616. The molecule has 1 heterocycles. The van der Waals surface area contributed by atoms with Crippen molar-refractivity contribution in [2.45, 2.75) is 0 Å². The first-order chi connectivity index (χ1) is 7.67. The molecule has 2 N–H and O–H groups in total. The lowest BCUT2D eigenvalue weighted by atomic mass is 10.1. The maximum atomic E-state index is 8.80. The van der Waals surface area contributed by atoms with E-state index in [0.717, 1.165) is 0 Å². The van der Waals surface area contributed by atoms with Crippen LogP contribution in [0.5, 0.6) is 0 Å². The number of nitrogen functional groups attached to an aromatic ring is 1. The monoisotopic (exact) mass is 207 g/mol. The van der Waals surface area contributed by atoms with E-state index in [2.05, 4.69) is 4.98 Å². The van der Waals surface area contributed by atoms with Crippen LogP contribution in [0.4, 0.5) is 5.82 Å². The second-order valence-corrected chi connectivity index (χ2v) is 2.64. The fourth-order valence-corrected chi connectivity index (χ4v) is 1.02. The van der Waals surface area contributed by atoms with Gasteiger partial charge in [0.25, 0.3) is 0 Å². The molecule has 0 radical (unpaired) electrons. The van der Waals surface area contributed by atoms with E-state index in [-0.39, 0.29) is 28.2 Å². The van der Waals surface area contributed by atoms with Gasteiger partial charge in [-0.05, 0) is 6.07 Å². The molecule has 1 aromatic heterocycles. The molecule has 16 heavy (non-hydrogen) atoms. The number of nitriles is 3. The third-order valence-electron chi connectivity index (χ3n) is 1.75. The van der Waals surface area contributed by atoms with Crippen LogP contribution in [0.1, 0.15) is 16.8 Å². The molecule has 1 rings (SSSR count). The lowest BCUT2D eigenvalue weighted by Gasteiger charge is -2.03. The van der Waals surface area contributed by atoms with E-state index in [1.807, 2.05) is 0 Å². The summed E-state index contributed by atoms with van der Waals surface area (Å²) >= 11 is 0. The van der Waals surface area contributed by atoms with Crippen molar-refractivity contribution in [3.63, 3.8) is 0 Å². The van der Waals surface area contributed by atoms with Gasteiger partial charge in [0.1, 0.15) is 29.7 Å². The van der Waals surface area contributed by atoms with Gasteiger partial charge in [-0.15, -0.1) is 0 Å². The van der Waals surface area contributed by atoms with E-state index in [1.165, 1.54) is 6.07 Å². The van der Waals surface area contributed by atoms with Gasteiger partial charge in [0.05, 0.1) is 16.7 Å². The van der Waals surface area contributed by atoms with Crippen LogP contribution in [0.2, 0.25) is 0 Å². The van der Waals surface area contributed by atoms with E-state index in [1.54, 1.807) is 24.1 Å². The predicted molar refractivity (Wildman–Crippen MR) is 55.5 cm³/mol. The summed E-state index contributed by atoms with van der Waals surface area (Å²) in [5.41, 5.74) is 5.04. The highest BCUT2D eigenvalue weighted by atomic mass is 14.8. The van der Waals surface area contributed by atoms with Crippen LogP contribution in [0.3, 0.4) is 0 Å². The summed E-state index contributed by atoms with van der Waals surface area (Å²) in [6.07, 6.45) is 0. The molecule has 0 aliphatic rings. The number of hydrogen-bond donors (Lipinski definition) is 1. The number of rotatable bonds is 1. The molecule has 0 bridgehead atoms. The molecule has 0 amide bonds. The fraction of sp³-hybridized carbons (Fsp3) is 0. The van der Waals surface area contributed by atoms with E-state index in [0.29, 0.717) is 0 Å². The van der Waals surface area contributed by atoms with Crippen molar-refractivity contribution < 1.29 is 0 Å². The van der Waals surface area contributed by atoms with Crippen LogP contribution in [-0.4, -0.2) is 10.9 Å². The molecule has 0 fully saturated rings. The van der Waals surface area contributed by atoms with E-state index in [4.69, 9.17) is 26.9 Å². The number of hydrogen-bond acceptors (Lipinski definition) is 5. The molecule has 0 aromatic carbocycles. The Kier molecular flexibility index (Phi) is 3.01. The Hall–Kier alpha value is -3.13. The average molecular weight is 207 g/mol. The summed E-state index contributed by atoms with van der Waals surface area (Å²) in [5.74, 6) is 1.50. The number of nitrogens with two attached hydrogens (primary N) is 1. The largest absolute Gasteiger partial charge is 0.762 e. The Morgan fingerprint density at radius 1 is 1.25 bits per heavy atom. The predicted octanol–water partition coefficient (Wildman–Crippen LogP) is 0.553. The molecule has 0 aliphatic carbocycles. The first-order valence-corrected chi connectivity index (χ1v) is 3.96. The fourth-order valence-electron chi connectivity index (χ4n) is 1.02. The third kappa shape index (κ3) is 1.71. The lowest BCUT2D eigenvalue weighted by Crippen LogP contribution is -2.01. The lowest BCUT2D eigenvalue weighted by molar-refractivity contribution is 1.25. The highest BCUT2D eigenvalue weighted by Gasteiger charge is 2.12. The van der Waals surface area contributed by atoms with Crippen LogP contribution >= 0.6 is 0 Å². The smallest absolute Gasteiger partial charge is 0.142 e. The quantitative estimate of drug-likeness (QED) is 0.530. The number of pyridine rings is 1. The number of aromatic nitrogens is 1. The maximum absolute atomic E-state index is 8.80. The van der Waals surface area contributed by atoms with Crippen LogP contribution in [0.25, 0.3) is 11.0 Å². The Labute approximate surface area is 91.0 Å².